The van der Waals surface area contributed by atoms with Crippen LogP contribution in [0, 0.1) is 0 Å². The minimum Gasteiger partial charge on any atom is -0.314 e. The van der Waals surface area contributed by atoms with E-state index in [-0.39, 0.29) is 0 Å². The first-order valence-electron chi connectivity index (χ1n) is 7.87. The molecule has 0 bridgehead atoms. The molecule has 3 rings (SSSR count). The Morgan fingerprint density at radius 2 is 2.21 bits per heavy atom. The van der Waals surface area contributed by atoms with Gasteiger partial charge in [0.1, 0.15) is 0 Å². The highest BCUT2D eigenvalue weighted by Crippen LogP contribution is 2.34. The van der Waals surface area contributed by atoms with Gasteiger partial charge in [-0.1, -0.05) is 30.7 Å². The van der Waals surface area contributed by atoms with E-state index in [1.165, 1.54) is 38.6 Å². The summed E-state index contributed by atoms with van der Waals surface area (Å²) in [5.74, 6) is 0.748. The predicted octanol–water partition coefficient (Wildman–Crippen LogP) is 2.84. The molecule has 2 aliphatic rings. The Hall–Kier alpha value is -0.860. The third-order valence-electron chi connectivity index (χ3n) is 4.72. The molecule has 3 unspecified atom stereocenters. The predicted molar refractivity (Wildman–Crippen MR) is 80.6 cm³/mol. The average molecular weight is 258 g/mol. The molecule has 3 atom stereocenters. The summed E-state index contributed by atoms with van der Waals surface area (Å²) in [6, 6.07) is 10.2. The zero-order valence-corrected chi connectivity index (χ0v) is 12.0. The second-order valence-corrected chi connectivity index (χ2v) is 6.29. The van der Waals surface area contributed by atoms with E-state index in [4.69, 9.17) is 0 Å². The van der Waals surface area contributed by atoms with Crippen molar-refractivity contribution in [3.8, 4) is 0 Å². The molecule has 2 heteroatoms. The van der Waals surface area contributed by atoms with Crippen LogP contribution in [0.4, 0.5) is 0 Å². The summed E-state index contributed by atoms with van der Waals surface area (Å²) in [6.45, 7) is 4.69. The third kappa shape index (κ3) is 3.18. The molecule has 1 fully saturated rings. The zero-order valence-electron chi connectivity index (χ0n) is 12.0. The number of hydrogen-bond donors (Lipinski definition) is 2. The van der Waals surface area contributed by atoms with Crippen LogP contribution in [0.25, 0.3) is 0 Å². The first-order valence-corrected chi connectivity index (χ1v) is 7.87. The van der Waals surface area contributed by atoms with Gasteiger partial charge in [-0.05, 0) is 50.3 Å². The number of benzene rings is 1. The third-order valence-corrected chi connectivity index (χ3v) is 4.72. The Kier molecular flexibility index (Phi) is 4.19. The summed E-state index contributed by atoms with van der Waals surface area (Å²) in [7, 11) is 0. The maximum Gasteiger partial charge on any atom is 0.00817 e. The molecule has 2 N–H and O–H groups in total. The van der Waals surface area contributed by atoms with Gasteiger partial charge in [-0.15, -0.1) is 0 Å². The molecule has 0 spiro atoms. The molecular weight excluding hydrogens is 232 g/mol. The molecule has 19 heavy (non-hydrogen) atoms. The first kappa shape index (κ1) is 13.1. The highest BCUT2D eigenvalue weighted by molar-refractivity contribution is 5.40. The van der Waals surface area contributed by atoms with Crippen molar-refractivity contribution in [2.45, 2.75) is 57.0 Å². The molecular formula is C17H26N2. The van der Waals surface area contributed by atoms with Crippen LogP contribution in [0.2, 0.25) is 0 Å². The van der Waals surface area contributed by atoms with Crippen LogP contribution in [0.15, 0.2) is 24.3 Å². The maximum atomic E-state index is 3.73. The minimum atomic E-state index is 0.628. The normalized spacial score (nSPS) is 27.4. The Labute approximate surface area is 117 Å². The maximum absolute atomic E-state index is 3.73. The minimum absolute atomic E-state index is 0.628. The molecule has 0 amide bonds. The Balaban J connectivity index is 1.41. The van der Waals surface area contributed by atoms with Crippen LogP contribution in [0.3, 0.4) is 0 Å². The number of piperidine rings is 1. The van der Waals surface area contributed by atoms with Gasteiger partial charge in [-0.2, -0.15) is 0 Å². The summed E-state index contributed by atoms with van der Waals surface area (Å²) >= 11 is 0. The van der Waals surface area contributed by atoms with E-state index in [2.05, 4.69) is 41.8 Å². The van der Waals surface area contributed by atoms with Crippen molar-refractivity contribution in [1.82, 2.24) is 10.6 Å². The number of rotatable bonds is 5. The van der Waals surface area contributed by atoms with Crippen molar-refractivity contribution >= 4 is 0 Å². The molecule has 1 aromatic carbocycles. The summed E-state index contributed by atoms with van der Waals surface area (Å²) in [4.78, 5) is 0. The highest BCUT2D eigenvalue weighted by Gasteiger charge is 2.25. The van der Waals surface area contributed by atoms with Crippen molar-refractivity contribution in [3.05, 3.63) is 35.4 Å². The molecule has 1 saturated heterocycles. The van der Waals surface area contributed by atoms with Crippen molar-refractivity contribution in [1.29, 1.82) is 0 Å². The summed E-state index contributed by atoms with van der Waals surface area (Å²) < 4.78 is 0. The van der Waals surface area contributed by atoms with Crippen molar-refractivity contribution in [2.75, 3.05) is 13.1 Å². The lowest BCUT2D eigenvalue weighted by atomic mass is 9.77. The largest absolute Gasteiger partial charge is 0.314 e. The molecule has 104 valence electrons. The molecule has 1 aliphatic heterocycles. The number of nitrogens with one attached hydrogen (secondary N) is 2. The standard InChI is InChI=1S/C17H26N2/c1-13(10-16-7-4-5-9-18-16)19-12-15-11-14-6-2-3-8-17(14)15/h2-3,6,8,13,15-16,18-19H,4-5,7,9-12H2,1H3. The van der Waals surface area contributed by atoms with E-state index in [9.17, 15) is 0 Å². The fraction of sp³-hybridized carbons (Fsp3) is 0.647. The van der Waals surface area contributed by atoms with Gasteiger partial charge < -0.3 is 10.6 Å². The smallest absolute Gasteiger partial charge is 0.00817 e. The fourth-order valence-corrected chi connectivity index (χ4v) is 3.52. The summed E-state index contributed by atoms with van der Waals surface area (Å²) in [5, 5.41) is 7.37. The number of hydrogen-bond acceptors (Lipinski definition) is 2. The average Bonchev–Trinajstić information content (AvgIpc) is 2.41. The van der Waals surface area contributed by atoms with Gasteiger partial charge in [-0.3, -0.25) is 0 Å². The van der Waals surface area contributed by atoms with Crippen LogP contribution in [-0.2, 0) is 6.42 Å². The highest BCUT2D eigenvalue weighted by atomic mass is 15.0. The molecule has 1 aliphatic carbocycles. The lowest BCUT2D eigenvalue weighted by Gasteiger charge is -2.32. The van der Waals surface area contributed by atoms with Crippen molar-refractivity contribution in [2.24, 2.45) is 0 Å². The SMILES string of the molecule is CC(CC1CCCCN1)NCC1Cc2ccccc21. The van der Waals surface area contributed by atoms with E-state index in [1.807, 2.05) is 0 Å². The van der Waals surface area contributed by atoms with E-state index < -0.39 is 0 Å². The van der Waals surface area contributed by atoms with Gasteiger partial charge in [0.2, 0.25) is 0 Å². The van der Waals surface area contributed by atoms with E-state index in [0.29, 0.717) is 6.04 Å². The van der Waals surface area contributed by atoms with Gasteiger partial charge in [0.15, 0.2) is 0 Å². The van der Waals surface area contributed by atoms with Gasteiger partial charge in [0, 0.05) is 24.5 Å². The molecule has 1 heterocycles. The monoisotopic (exact) mass is 258 g/mol. The van der Waals surface area contributed by atoms with Crippen LogP contribution < -0.4 is 10.6 Å². The number of fused-ring (bicyclic) bond motifs is 1. The van der Waals surface area contributed by atoms with Crippen LogP contribution in [0.5, 0.6) is 0 Å². The molecule has 0 radical (unpaired) electrons. The zero-order chi connectivity index (χ0) is 13.1. The molecule has 2 nitrogen and oxygen atoms in total. The Morgan fingerprint density at radius 1 is 1.32 bits per heavy atom. The molecule has 1 aromatic rings. The van der Waals surface area contributed by atoms with Crippen LogP contribution in [0.1, 0.15) is 49.7 Å². The lowest BCUT2D eigenvalue weighted by Crippen LogP contribution is -2.41. The molecule has 0 saturated carbocycles. The lowest BCUT2D eigenvalue weighted by molar-refractivity contribution is 0.339. The second kappa shape index (κ2) is 6.06. The van der Waals surface area contributed by atoms with Gasteiger partial charge in [0.25, 0.3) is 0 Å². The summed E-state index contributed by atoms with van der Waals surface area (Å²) in [5.41, 5.74) is 3.12. The van der Waals surface area contributed by atoms with Gasteiger partial charge >= 0.3 is 0 Å². The van der Waals surface area contributed by atoms with E-state index >= 15 is 0 Å². The second-order valence-electron chi connectivity index (χ2n) is 6.29. The van der Waals surface area contributed by atoms with Gasteiger partial charge in [0.05, 0.1) is 0 Å². The topological polar surface area (TPSA) is 24.1 Å². The van der Waals surface area contributed by atoms with Crippen molar-refractivity contribution in [3.63, 3.8) is 0 Å². The quantitative estimate of drug-likeness (QED) is 0.848. The summed E-state index contributed by atoms with van der Waals surface area (Å²) in [6.07, 6.45) is 6.65. The van der Waals surface area contributed by atoms with Crippen molar-refractivity contribution < 1.29 is 0 Å². The Bertz CT molecular complexity index is 409. The molecule has 0 aromatic heterocycles. The Morgan fingerprint density at radius 3 is 3.00 bits per heavy atom. The van der Waals surface area contributed by atoms with E-state index in [1.54, 1.807) is 11.1 Å². The van der Waals surface area contributed by atoms with Gasteiger partial charge in [-0.25, -0.2) is 0 Å². The van der Waals surface area contributed by atoms with Crippen LogP contribution >= 0.6 is 0 Å². The van der Waals surface area contributed by atoms with Crippen LogP contribution in [-0.4, -0.2) is 25.2 Å². The van der Waals surface area contributed by atoms with E-state index in [0.717, 1.165) is 18.5 Å². The fourth-order valence-electron chi connectivity index (χ4n) is 3.52. The first-order chi connectivity index (χ1) is 9.33.